The van der Waals surface area contributed by atoms with Gasteiger partial charge in [0.15, 0.2) is 5.69 Å². The Kier molecular flexibility index (Phi) is 3.63. The van der Waals surface area contributed by atoms with Gasteiger partial charge in [0.2, 0.25) is 5.28 Å². The van der Waals surface area contributed by atoms with Gasteiger partial charge < -0.3 is 0 Å². The highest BCUT2D eigenvalue weighted by atomic mass is 35.5. The van der Waals surface area contributed by atoms with E-state index in [0.717, 1.165) is 22.5 Å². The van der Waals surface area contributed by atoms with E-state index in [-0.39, 0.29) is 5.28 Å². The van der Waals surface area contributed by atoms with Crippen LogP contribution in [-0.2, 0) is 0 Å². The van der Waals surface area contributed by atoms with Crippen molar-refractivity contribution in [3.05, 3.63) is 77.4 Å². The minimum atomic E-state index is 0.209. The largest absolute Gasteiger partial charge is 0.238 e. The Morgan fingerprint density at radius 1 is 0.810 bits per heavy atom. The zero-order valence-electron chi connectivity index (χ0n) is 11.0. The third kappa shape index (κ3) is 2.91. The molecule has 1 aromatic heterocycles. The molecule has 2 aromatic carbocycles. The summed E-state index contributed by atoms with van der Waals surface area (Å²) in [4.78, 5) is 11.9. The van der Waals surface area contributed by atoms with Gasteiger partial charge in [-0.1, -0.05) is 54.6 Å². The van der Waals surface area contributed by atoms with Gasteiger partial charge in [-0.25, -0.2) is 14.8 Å². The predicted molar refractivity (Wildman–Crippen MR) is 84.2 cm³/mol. The molecule has 0 bridgehead atoms. The summed E-state index contributed by atoms with van der Waals surface area (Å²) < 4.78 is 0. The molecule has 0 atom stereocenters. The van der Waals surface area contributed by atoms with E-state index in [1.807, 2.05) is 48.5 Å². The molecule has 3 aromatic rings. The zero-order chi connectivity index (χ0) is 14.7. The van der Waals surface area contributed by atoms with Gasteiger partial charge in [-0.3, -0.25) is 0 Å². The van der Waals surface area contributed by atoms with Crippen LogP contribution < -0.4 is 0 Å². The SMILES string of the molecule is [C-]#[N+]c1ccc(-c2cc(-c3ccccc3)nc(Cl)n2)cc1. The molecule has 0 N–H and O–H groups in total. The average molecular weight is 292 g/mol. The standard InChI is InChI=1S/C17H10ClN3/c1-19-14-9-7-13(8-10-14)16-11-15(20-17(18)21-16)12-5-3-2-4-6-12/h2-11H. The minimum absolute atomic E-state index is 0.209. The van der Waals surface area contributed by atoms with Crippen LogP contribution in [0.1, 0.15) is 0 Å². The highest BCUT2D eigenvalue weighted by Crippen LogP contribution is 2.26. The van der Waals surface area contributed by atoms with Crippen molar-refractivity contribution in [2.75, 3.05) is 0 Å². The van der Waals surface area contributed by atoms with Gasteiger partial charge in [-0.15, -0.1) is 0 Å². The number of halogens is 1. The third-order valence-corrected chi connectivity index (χ3v) is 3.23. The topological polar surface area (TPSA) is 30.1 Å². The van der Waals surface area contributed by atoms with Crippen molar-refractivity contribution in [1.82, 2.24) is 9.97 Å². The first-order valence-corrected chi connectivity index (χ1v) is 6.72. The molecule has 0 aliphatic carbocycles. The van der Waals surface area contributed by atoms with Gasteiger partial charge in [0.25, 0.3) is 0 Å². The summed E-state index contributed by atoms with van der Waals surface area (Å²) in [6.07, 6.45) is 0. The summed E-state index contributed by atoms with van der Waals surface area (Å²) >= 11 is 6.04. The second-order valence-electron chi connectivity index (χ2n) is 4.43. The van der Waals surface area contributed by atoms with Crippen LogP contribution >= 0.6 is 11.6 Å². The van der Waals surface area contributed by atoms with E-state index in [1.54, 1.807) is 12.1 Å². The quantitative estimate of drug-likeness (QED) is 0.490. The number of hydrogen-bond acceptors (Lipinski definition) is 2. The van der Waals surface area contributed by atoms with Crippen LogP contribution in [0.2, 0.25) is 5.28 Å². The summed E-state index contributed by atoms with van der Waals surface area (Å²) in [5, 5.41) is 0.209. The van der Waals surface area contributed by atoms with Gasteiger partial charge in [0.1, 0.15) is 0 Å². The zero-order valence-corrected chi connectivity index (χ0v) is 11.7. The van der Waals surface area contributed by atoms with E-state index in [1.165, 1.54) is 0 Å². The van der Waals surface area contributed by atoms with Gasteiger partial charge in [0, 0.05) is 5.56 Å². The van der Waals surface area contributed by atoms with Crippen molar-refractivity contribution in [3.8, 4) is 22.5 Å². The summed E-state index contributed by atoms with van der Waals surface area (Å²) in [5.74, 6) is 0. The molecule has 4 heteroatoms. The summed E-state index contributed by atoms with van der Waals surface area (Å²) in [6, 6.07) is 19.0. The first-order valence-electron chi connectivity index (χ1n) is 6.34. The Hall–Kier alpha value is -2.70. The Bertz CT molecular complexity index is 806. The summed E-state index contributed by atoms with van der Waals surface area (Å²) in [5.41, 5.74) is 4.01. The van der Waals surface area contributed by atoms with E-state index < -0.39 is 0 Å². The molecule has 0 aliphatic heterocycles. The molecule has 0 saturated carbocycles. The lowest BCUT2D eigenvalue weighted by molar-refractivity contribution is 1.18. The number of nitrogens with zero attached hydrogens (tertiary/aromatic N) is 3. The monoisotopic (exact) mass is 291 g/mol. The highest BCUT2D eigenvalue weighted by molar-refractivity contribution is 6.28. The smallest absolute Gasteiger partial charge is 0.223 e. The fraction of sp³-hybridized carbons (Fsp3) is 0. The van der Waals surface area contributed by atoms with Crippen LogP contribution in [0, 0.1) is 6.57 Å². The van der Waals surface area contributed by atoms with Crippen molar-refractivity contribution in [3.63, 3.8) is 0 Å². The van der Waals surface area contributed by atoms with Crippen LogP contribution in [-0.4, -0.2) is 9.97 Å². The van der Waals surface area contributed by atoms with Crippen molar-refractivity contribution < 1.29 is 0 Å². The average Bonchev–Trinajstić information content (AvgIpc) is 2.55. The Morgan fingerprint density at radius 2 is 1.38 bits per heavy atom. The molecule has 0 saturated heterocycles. The molecule has 21 heavy (non-hydrogen) atoms. The van der Waals surface area contributed by atoms with Crippen LogP contribution in [0.5, 0.6) is 0 Å². The lowest BCUT2D eigenvalue weighted by Gasteiger charge is -2.06. The maximum Gasteiger partial charge on any atom is 0.223 e. The molecular weight excluding hydrogens is 282 g/mol. The molecule has 0 amide bonds. The van der Waals surface area contributed by atoms with Crippen LogP contribution in [0.3, 0.4) is 0 Å². The molecule has 0 unspecified atom stereocenters. The Morgan fingerprint density at radius 3 is 1.95 bits per heavy atom. The molecule has 0 radical (unpaired) electrons. The van der Waals surface area contributed by atoms with Crippen LogP contribution in [0.4, 0.5) is 5.69 Å². The number of rotatable bonds is 2. The fourth-order valence-corrected chi connectivity index (χ4v) is 2.21. The van der Waals surface area contributed by atoms with E-state index >= 15 is 0 Å². The second kappa shape index (κ2) is 5.74. The number of hydrogen-bond donors (Lipinski definition) is 0. The maximum absolute atomic E-state index is 6.98. The van der Waals surface area contributed by atoms with E-state index in [2.05, 4.69) is 14.8 Å². The van der Waals surface area contributed by atoms with Gasteiger partial charge in [-0.2, -0.15) is 0 Å². The first kappa shape index (κ1) is 13.3. The van der Waals surface area contributed by atoms with E-state index in [9.17, 15) is 0 Å². The normalized spacial score (nSPS) is 10.1. The molecule has 1 heterocycles. The number of aromatic nitrogens is 2. The van der Waals surface area contributed by atoms with Crippen molar-refractivity contribution >= 4 is 17.3 Å². The predicted octanol–water partition coefficient (Wildman–Crippen LogP) is 5.01. The number of benzene rings is 2. The lowest BCUT2D eigenvalue weighted by atomic mass is 10.1. The molecule has 100 valence electrons. The highest BCUT2D eigenvalue weighted by Gasteiger charge is 2.07. The minimum Gasteiger partial charge on any atom is -0.238 e. The Labute approximate surface area is 127 Å². The molecular formula is C17H10ClN3. The third-order valence-electron chi connectivity index (χ3n) is 3.06. The first-order chi connectivity index (χ1) is 10.3. The molecule has 3 rings (SSSR count). The van der Waals surface area contributed by atoms with Gasteiger partial charge in [0.05, 0.1) is 18.0 Å². The molecule has 0 fully saturated rings. The molecule has 3 nitrogen and oxygen atoms in total. The Balaban J connectivity index is 2.07. The maximum atomic E-state index is 6.98. The molecule has 0 spiro atoms. The molecule has 0 aliphatic rings. The van der Waals surface area contributed by atoms with Gasteiger partial charge in [-0.05, 0) is 23.2 Å². The van der Waals surface area contributed by atoms with E-state index in [0.29, 0.717) is 5.69 Å². The fourth-order valence-electron chi connectivity index (χ4n) is 2.03. The van der Waals surface area contributed by atoms with Crippen LogP contribution in [0.25, 0.3) is 27.4 Å². The van der Waals surface area contributed by atoms with Gasteiger partial charge >= 0.3 is 0 Å². The van der Waals surface area contributed by atoms with Crippen molar-refractivity contribution in [2.45, 2.75) is 0 Å². The van der Waals surface area contributed by atoms with Crippen molar-refractivity contribution in [1.29, 1.82) is 0 Å². The van der Waals surface area contributed by atoms with Crippen molar-refractivity contribution in [2.24, 2.45) is 0 Å². The van der Waals surface area contributed by atoms with E-state index in [4.69, 9.17) is 18.2 Å². The summed E-state index contributed by atoms with van der Waals surface area (Å²) in [6.45, 7) is 6.98. The second-order valence-corrected chi connectivity index (χ2v) is 4.77. The van der Waals surface area contributed by atoms with Crippen LogP contribution in [0.15, 0.2) is 60.7 Å². The lowest BCUT2D eigenvalue weighted by Crippen LogP contribution is -1.91. The summed E-state index contributed by atoms with van der Waals surface area (Å²) in [7, 11) is 0.